The Morgan fingerprint density at radius 1 is 1.47 bits per heavy atom. The van der Waals surface area contributed by atoms with Crippen LogP contribution in [0.3, 0.4) is 0 Å². The van der Waals surface area contributed by atoms with Gasteiger partial charge in [0.25, 0.3) is 5.91 Å². The van der Waals surface area contributed by atoms with E-state index in [0.717, 1.165) is 36.5 Å². The summed E-state index contributed by atoms with van der Waals surface area (Å²) >= 11 is 3.16. The van der Waals surface area contributed by atoms with Gasteiger partial charge in [-0.05, 0) is 30.8 Å². The van der Waals surface area contributed by atoms with E-state index in [1.807, 2.05) is 22.2 Å². The number of carbonyl (C=O) groups is 1. The molecule has 1 atom stereocenters. The number of thiazole rings is 1. The maximum absolute atomic E-state index is 12.1. The minimum atomic E-state index is -0.0635. The Morgan fingerprint density at radius 3 is 3.16 bits per heavy atom. The van der Waals surface area contributed by atoms with Crippen LogP contribution >= 0.6 is 22.7 Å². The topological polar surface area (TPSA) is 54.0 Å². The van der Waals surface area contributed by atoms with Crippen LogP contribution in [-0.4, -0.2) is 30.0 Å². The second-order valence-corrected chi connectivity index (χ2v) is 6.20. The average molecular weight is 293 g/mol. The predicted molar refractivity (Wildman–Crippen MR) is 78.8 cm³/mol. The molecule has 1 unspecified atom stereocenters. The molecule has 1 aliphatic rings. The number of hydrogen-bond donors (Lipinski definition) is 2. The van der Waals surface area contributed by atoms with Gasteiger partial charge in [-0.1, -0.05) is 0 Å². The van der Waals surface area contributed by atoms with Gasteiger partial charge in [-0.2, -0.15) is 11.3 Å². The van der Waals surface area contributed by atoms with Crippen LogP contribution < -0.4 is 10.6 Å². The number of piperidine rings is 1. The summed E-state index contributed by atoms with van der Waals surface area (Å²) < 4.78 is 0. The van der Waals surface area contributed by atoms with Crippen LogP contribution in [0.15, 0.2) is 22.2 Å². The van der Waals surface area contributed by atoms with Crippen molar-refractivity contribution in [1.29, 1.82) is 0 Å². The van der Waals surface area contributed by atoms with E-state index in [2.05, 4.69) is 15.6 Å². The summed E-state index contributed by atoms with van der Waals surface area (Å²) in [7, 11) is 0. The Bertz CT molecular complexity index is 544. The lowest BCUT2D eigenvalue weighted by molar-refractivity contribution is 0.0926. The van der Waals surface area contributed by atoms with Crippen LogP contribution in [0.1, 0.15) is 23.3 Å². The van der Waals surface area contributed by atoms with Crippen molar-refractivity contribution in [1.82, 2.24) is 15.6 Å². The largest absolute Gasteiger partial charge is 0.347 e. The Kier molecular flexibility index (Phi) is 3.91. The molecule has 0 spiro atoms. The average Bonchev–Trinajstić information content (AvgIpc) is 3.11. The second kappa shape index (κ2) is 5.81. The van der Waals surface area contributed by atoms with Gasteiger partial charge in [0.1, 0.15) is 10.7 Å². The van der Waals surface area contributed by atoms with Gasteiger partial charge in [-0.15, -0.1) is 11.3 Å². The molecule has 0 radical (unpaired) electrons. The minimum absolute atomic E-state index is 0.0635. The summed E-state index contributed by atoms with van der Waals surface area (Å²) in [6, 6.07) is 2.25. The third-order valence-electron chi connectivity index (χ3n) is 3.14. The van der Waals surface area contributed by atoms with Crippen LogP contribution in [0.25, 0.3) is 10.6 Å². The van der Waals surface area contributed by atoms with Gasteiger partial charge in [-0.3, -0.25) is 4.79 Å². The monoisotopic (exact) mass is 293 g/mol. The Morgan fingerprint density at radius 2 is 2.42 bits per heavy atom. The molecule has 2 N–H and O–H groups in total. The van der Waals surface area contributed by atoms with Gasteiger partial charge < -0.3 is 10.6 Å². The molecule has 6 heteroatoms. The van der Waals surface area contributed by atoms with E-state index in [1.54, 1.807) is 11.3 Å². The summed E-state index contributed by atoms with van der Waals surface area (Å²) in [5, 5.41) is 13.1. The van der Waals surface area contributed by atoms with Crippen LogP contribution in [0.5, 0.6) is 0 Å². The highest BCUT2D eigenvalue weighted by atomic mass is 32.1. The first-order valence-electron chi connectivity index (χ1n) is 6.32. The smallest absolute Gasteiger partial charge is 0.271 e. The van der Waals surface area contributed by atoms with E-state index >= 15 is 0 Å². The number of thiophene rings is 1. The summed E-state index contributed by atoms with van der Waals surface area (Å²) in [6.07, 6.45) is 2.16. The highest BCUT2D eigenvalue weighted by Crippen LogP contribution is 2.25. The van der Waals surface area contributed by atoms with Crippen molar-refractivity contribution in [2.24, 2.45) is 0 Å². The molecule has 0 aromatic carbocycles. The van der Waals surface area contributed by atoms with E-state index in [9.17, 15) is 4.79 Å². The fourth-order valence-corrected chi connectivity index (χ4v) is 3.64. The molecule has 3 heterocycles. The minimum Gasteiger partial charge on any atom is -0.347 e. The molecule has 2 aromatic heterocycles. The molecule has 1 fully saturated rings. The molecule has 0 aliphatic carbocycles. The first kappa shape index (κ1) is 12.8. The summed E-state index contributed by atoms with van der Waals surface area (Å²) in [5.41, 5.74) is 1.62. The van der Waals surface area contributed by atoms with Crippen molar-refractivity contribution >= 4 is 28.6 Å². The number of rotatable bonds is 3. The van der Waals surface area contributed by atoms with Crippen LogP contribution in [-0.2, 0) is 0 Å². The molecule has 0 bridgehead atoms. The Balaban J connectivity index is 1.67. The molecule has 1 aliphatic heterocycles. The zero-order chi connectivity index (χ0) is 13.1. The Labute approximate surface area is 119 Å². The molecular weight excluding hydrogens is 278 g/mol. The first-order valence-corrected chi connectivity index (χ1v) is 8.15. The fourth-order valence-electron chi connectivity index (χ4n) is 2.13. The van der Waals surface area contributed by atoms with Crippen molar-refractivity contribution in [3.8, 4) is 10.6 Å². The van der Waals surface area contributed by atoms with E-state index in [-0.39, 0.29) is 11.9 Å². The number of aromatic nitrogens is 1. The molecule has 3 rings (SSSR count). The molecular formula is C13H15N3OS2. The fraction of sp³-hybridized carbons (Fsp3) is 0.385. The lowest BCUT2D eigenvalue weighted by Gasteiger charge is -2.23. The maximum atomic E-state index is 12.1. The first-order chi connectivity index (χ1) is 9.33. The van der Waals surface area contributed by atoms with E-state index < -0.39 is 0 Å². The maximum Gasteiger partial charge on any atom is 0.271 e. The van der Waals surface area contributed by atoms with Crippen molar-refractivity contribution in [2.75, 3.05) is 13.1 Å². The molecule has 100 valence electrons. The number of nitrogens with one attached hydrogen (secondary N) is 2. The molecule has 19 heavy (non-hydrogen) atoms. The molecule has 2 aromatic rings. The number of nitrogens with zero attached hydrogens (tertiary/aromatic N) is 1. The van der Waals surface area contributed by atoms with Gasteiger partial charge in [-0.25, -0.2) is 4.98 Å². The lowest BCUT2D eigenvalue weighted by Crippen LogP contribution is -2.45. The van der Waals surface area contributed by atoms with E-state index in [0.29, 0.717) is 5.69 Å². The van der Waals surface area contributed by atoms with Crippen molar-refractivity contribution in [3.05, 3.63) is 27.9 Å². The highest BCUT2D eigenvalue weighted by Gasteiger charge is 2.18. The lowest BCUT2D eigenvalue weighted by atomic mass is 10.1. The standard InChI is InChI=1S/C13H15N3OS2/c17-12(15-10-2-1-4-14-6-10)11-8-19-13(16-11)9-3-5-18-7-9/h3,5,7-8,10,14H,1-2,4,6H2,(H,15,17). The van der Waals surface area contributed by atoms with Crippen LogP contribution in [0.2, 0.25) is 0 Å². The predicted octanol–water partition coefficient (Wildman–Crippen LogP) is 2.35. The Hall–Kier alpha value is -1.24. The SMILES string of the molecule is O=C(NC1CCCNC1)c1csc(-c2ccsc2)n1. The number of carbonyl (C=O) groups excluding carboxylic acids is 1. The van der Waals surface area contributed by atoms with Gasteiger partial charge in [0.2, 0.25) is 0 Å². The van der Waals surface area contributed by atoms with Gasteiger partial charge in [0.15, 0.2) is 0 Å². The van der Waals surface area contributed by atoms with Gasteiger partial charge >= 0.3 is 0 Å². The van der Waals surface area contributed by atoms with Crippen molar-refractivity contribution in [3.63, 3.8) is 0 Å². The van der Waals surface area contributed by atoms with Crippen molar-refractivity contribution < 1.29 is 4.79 Å². The molecule has 1 saturated heterocycles. The molecule has 1 amide bonds. The number of hydrogen-bond acceptors (Lipinski definition) is 5. The van der Waals surface area contributed by atoms with E-state index in [4.69, 9.17) is 0 Å². The van der Waals surface area contributed by atoms with E-state index in [1.165, 1.54) is 11.3 Å². The highest BCUT2D eigenvalue weighted by molar-refractivity contribution is 7.14. The van der Waals surface area contributed by atoms with Gasteiger partial charge in [0, 0.05) is 28.9 Å². The quantitative estimate of drug-likeness (QED) is 0.913. The summed E-state index contributed by atoms with van der Waals surface area (Å²) in [5.74, 6) is -0.0635. The summed E-state index contributed by atoms with van der Waals surface area (Å²) in [6.45, 7) is 1.90. The van der Waals surface area contributed by atoms with Crippen LogP contribution in [0.4, 0.5) is 0 Å². The summed E-state index contributed by atoms with van der Waals surface area (Å²) in [4.78, 5) is 16.5. The van der Waals surface area contributed by atoms with Crippen molar-refractivity contribution in [2.45, 2.75) is 18.9 Å². The second-order valence-electron chi connectivity index (χ2n) is 4.57. The zero-order valence-electron chi connectivity index (χ0n) is 10.4. The normalized spacial score (nSPS) is 19.3. The zero-order valence-corrected chi connectivity index (χ0v) is 12.0. The van der Waals surface area contributed by atoms with Gasteiger partial charge in [0.05, 0.1) is 0 Å². The number of amides is 1. The third-order valence-corrected chi connectivity index (χ3v) is 4.71. The van der Waals surface area contributed by atoms with Crippen LogP contribution in [0, 0.1) is 0 Å². The third kappa shape index (κ3) is 3.02. The molecule has 4 nitrogen and oxygen atoms in total. The molecule has 0 saturated carbocycles.